The van der Waals surface area contributed by atoms with E-state index in [1.807, 2.05) is 24.3 Å². The van der Waals surface area contributed by atoms with Crippen molar-refractivity contribution in [3.05, 3.63) is 117 Å². The van der Waals surface area contributed by atoms with E-state index in [-0.39, 0.29) is 5.75 Å². The molecule has 4 aromatic carbocycles. The molecule has 4 heteroatoms. The molecule has 0 fully saturated rings. The normalized spacial score (nSPS) is 11.4. The quantitative estimate of drug-likeness (QED) is 0.227. The Hall–Kier alpha value is -3.92. The summed E-state index contributed by atoms with van der Waals surface area (Å²) in [6.45, 7) is 8.82. The largest absolute Gasteiger partial charge is 0.505 e. The summed E-state index contributed by atoms with van der Waals surface area (Å²) in [7, 11) is 0. The third-order valence-electron chi connectivity index (χ3n) is 7.80. The highest BCUT2D eigenvalue weighted by atomic mass is 16.3. The zero-order valence-corrected chi connectivity index (χ0v) is 23.0. The van der Waals surface area contributed by atoms with E-state index < -0.39 is 0 Å². The Balaban J connectivity index is 1.51. The van der Waals surface area contributed by atoms with Gasteiger partial charge < -0.3 is 5.11 Å². The van der Waals surface area contributed by atoms with Crippen LogP contribution in [0.5, 0.6) is 5.75 Å². The molecule has 194 valence electrons. The average Bonchev–Trinajstić information content (AvgIpc) is 3.36. The standard InChI is InChI=1S/C34H37N3O/c1-5-29-23(3)11-9-13-26(29)18-17-25-21-28(20-19-27-14-10-12-24(4)30(27)6-2)34(38)33(22-25)37-35-31-15-7-8-16-32(31)36-37/h7-16,21-22,38H,5-6,17-20H2,1-4H3. The number of aromatic nitrogens is 3. The van der Waals surface area contributed by atoms with E-state index in [0.717, 1.165) is 55.1 Å². The van der Waals surface area contributed by atoms with Crippen molar-refractivity contribution in [2.45, 2.75) is 66.2 Å². The van der Waals surface area contributed by atoms with Crippen LogP contribution in [0.15, 0.2) is 72.8 Å². The van der Waals surface area contributed by atoms with Crippen molar-refractivity contribution >= 4 is 11.0 Å². The van der Waals surface area contributed by atoms with Gasteiger partial charge >= 0.3 is 0 Å². The fourth-order valence-corrected chi connectivity index (χ4v) is 5.75. The van der Waals surface area contributed by atoms with Gasteiger partial charge in [-0.05, 0) is 115 Å². The molecule has 0 unspecified atom stereocenters. The van der Waals surface area contributed by atoms with E-state index in [0.29, 0.717) is 5.69 Å². The number of benzene rings is 4. The van der Waals surface area contributed by atoms with Gasteiger partial charge in [-0.25, -0.2) is 0 Å². The molecule has 0 aliphatic heterocycles. The van der Waals surface area contributed by atoms with Crippen LogP contribution >= 0.6 is 0 Å². The summed E-state index contributed by atoms with van der Waals surface area (Å²) in [5, 5.41) is 20.8. The lowest BCUT2D eigenvalue weighted by atomic mass is 9.92. The molecule has 4 nitrogen and oxygen atoms in total. The van der Waals surface area contributed by atoms with Crippen molar-refractivity contribution in [1.29, 1.82) is 0 Å². The predicted octanol–water partition coefficient (Wildman–Crippen LogP) is 7.44. The van der Waals surface area contributed by atoms with Crippen molar-refractivity contribution in [2.24, 2.45) is 0 Å². The van der Waals surface area contributed by atoms with Crippen molar-refractivity contribution in [3.63, 3.8) is 0 Å². The molecular weight excluding hydrogens is 466 g/mol. The second-order valence-corrected chi connectivity index (χ2v) is 10.2. The molecule has 0 saturated carbocycles. The first-order chi connectivity index (χ1) is 18.5. The number of hydrogen-bond donors (Lipinski definition) is 1. The van der Waals surface area contributed by atoms with Gasteiger partial charge in [0.15, 0.2) is 0 Å². The Kier molecular flexibility index (Phi) is 7.59. The van der Waals surface area contributed by atoms with Gasteiger partial charge in [-0.15, -0.1) is 15.0 Å². The lowest BCUT2D eigenvalue weighted by Crippen LogP contribution is -2.06. The van der Waals surface area contributed by atoms with Crippen LogP contribution in [0.4, 0.5) is 0 Å². The molecule has 0 amide bonds. The summed E-state index contributed by atoms with van der Waals surface area (Å²) in [4.78, 5) is 1.60. The van der Waals surface area contributed by atoms with Crippen LogP contribution in [0.1, 0.15) is 58.4 Å². The zero-order chi connectivity index (χ0) is 26.6. The van der Waals surface area contributed by atoms with E-state index in [9.17, 15) is 5.11 Å². The minimum atomic E-state index is 0.268. The molecule has 0 atom stereocenters. The highest BCUT2D eigenvalue weighted by molar-refractivity contribution is 5.73. The molecule has 0 aliphatic carbocycles. The Bertz CT molecular complexity index is 1550. The van der Waals surface area contributed by atoms with Gasteiger partial charge in [-0.2, -0.15) is 0 Å². The van der Waals surface area contributed by atoms with Crippen LogP contribution < -0.4 is 0 Å². The zero-order valence-electron chi connectivity index (χ0n) is 23.0. The molecule has 38 heavy (non-hydrogen) atoms. The van der Waals surface area contributed by atoms with E-state index in [1.165, 1.54) is 38.9 Å². The van der Waals surface area contributed by atoms with Gasteiger partial charge in [0, 0.05) is 0 Å². The van der Waals surface area contributed by atoms with Crippen LogP contribution in [-0.2, 0) is 38.5 Å². The third kappa shape index (κ3) is 5.22. The number of nitrogens with zero attached hydrogens (tertiary/aromatic N) is 3. The first-order valence-corrected chi connectivity index (χ1v) is 13.8. The molecular formula is C34H37N3O. The summed E-state index contributed by atoms with van der Waals surface area (Å²) >= 11 is 0. The van der Waals surface area contributed by atoms with Crippen LogP contribution in [0.2, 0.25) is 0 Å². The predicted molar refractivity (Wildman–Crippen MR) is 156 cm³/mol. The van der Waals surface area contributed by atoms with Crippen LogP contribution in [-0.4, -0.2) is 20.1 Å². The molecule has 0 aliphatic rings. The number of phenolic OH excluding ortho intramolecular Hbond substituents is 1. The molecule has 0 saturated heterocycles. The van der Waals surface area contributed by atoms with Gasteiger partial charge in [0.2, 0.25) is 0 Å². The van der Waals surface area contributed by atoms with Gasteiger partial charge in [0.05, 0.1) is 0 Å². The number of rotatable bonds is 9. The average molecular weight is 504 g/mol. The smallest absolute Gasteiger partial charge is 0.146 e. The topological polar surface area (TPSA) is 50.9 Å². The summed E-state index contributed by atoms with van der Waals surface area (Å²) in [5.74, 6) is 0.268. The fraction of sp³-hybridized carbons (Fsp3) is 0.294. The molecule has 1 aromatic heterocycles. The minimum absolute atomic E-state index is 0.268. The third-order valence-corrected chi connectivity index (χ3v) is 7.80. The Morgan fingerprint density at radius 1 is 0.632 bits per heavy atom. The molecule has 5 aromatic rings. The summed E-state index contributed by atoms with van der Waals surface area (Å²) in [6, 6.07) is 25.2. The maximum Gasteiger partial charge on any atom is 0.146 e. The lowest BCUT2D eigenvalue weighted by Gasteiger charge is -2.15. The number of aromatic hydroxyl groups is 1. The molecule has 0 spiro atoms. The van der Waals surface area contributed by atoms with Gasteiger partial charge in [0.1, 0.15) is 22.5 Å². The first kappa shape index (κ1) is 25.7. The Labute approximate surface area is 226 Å². The van der Waals surface area contributed by atoms with Crippen molar-refractivity contribution in [1.82, 2.24) is 15.0 Å². The maximum atomic E-state index is 11.5. The summed E-state index contributed by atoms with van der Waals surface area (Å²) in [5.41, 5.74) is 12.7. The van der Waals surface area contributed by atoms with Crippen molar-refractivity contribution in [2.75, 3.05) is 0 Å². The monoisotopic (exact) mass is 503 g/mol. The van der Waals surface area contributed by atoms with Crippen molar-refractivity contribution < 1.29 is 5.11 Å². The van der Waals surface area contributed by atoms with Crippen LogP contribution in [0, 0.1) is 13.8 Å². The molecule has 0 radical (unpaired) electrons. The van der Waals surface area contributed by atoms with Crippen LogP contribution in [0.25, 0.3) is 16.7 Å². The first-order valence-electron chi connectivity index (χ1n) is 13.8. The molecule has 1 N–H and O–H groups in total. The molecule has 0 bridgehead atoms. The van der Waals surface area contributed by atoms with Gasteiger partial charge in [-0.3, -0.25) is 0 Å². The highest BCUT2D eigenvalue weighted by Gasteiger charge is 2.16. The second-order valence-electron chi connectivity index (χ2n) is 10.2. The molecule has 1 heterocycles. The van der Waals surface area contributed by atoms with Crippen LogP contribution in [0.3, 0.4) is 0 Å². The molecule has 5 rings (SSSR count). The summed E-state index contributed by atoms with van der Waals surface area (Å²) in [6.07, 6.45) is 5.54. The number of aryl methyl sites for hydroxylation is 6. The van der Waals surface area contributed by atoms with E-state index in [2.05, 4.69) is 86.4 Å². The van der Waals surface area contributed by atoms with Gasteiger partial charge in [-0.1, -0.05) is 68.4 Å². The SMILES string of the molecule is CCc1c(C)cccc1CCc1cc(CCc2cccc(C)c2CC)c(O)c(-n2nc3ccccc3n2)c1. The number of hydrogen-bond acceptors (Lipinski definition) is 3. The Morgan fingerprint density at radius 2 is 1.16 bits per heavy atom. The maximum absolute atomic E-state index is 11.5. The van der Waals surface area contributed by atoms with E-state index >= 15 is 0 Å². The minimum Gasteiger partial charge on any atom is -0.505 e. The van der Waals surface area contributed by atoms with E-state index in [1.54, 1.807) is 4.80 Å². The van der Waals surface area contributed by atoms with E-state index in [4.69, 9.17) is 0 Å². The highest BCUT2D eigenvalue weighted by Crippen LogP contribution is 2.31. The summed E-state index contributed by atoms with van der Waals surface area (Å²) < 4.78 is 0. The number of fused-ring (bicyclic) bond motifs is 1. The van der Waals surface area contributed by atoms with Crippen molar-refractivity contribution in [3.8, 4) is 11.4 Å². The van der Waals surface area contributed by atoms with Gasteiger partial charge in [0.25, 0.3) is 0 Å². The second kappa shape index (κ2) is 11.2. The lowest BCUT2D eigenvalue weighted by molar-refractivity contribution is 0.460. The number of phenols is 1. The Morgan fingerprint density at radius 3 is 1.71 bits per heavy atom. The fourth-order valence-electron chi connectivity index (χ4n) is 5.75.